The molecule has 1 aromatic rings. The lowest BCUT2D eigenvalue weighted by Gasteiger charge is -2.32. The van der Waals surface area contributed by atoms with Crippen molar-refractivity contribution in [2.75, 3.05) is 26.7 Å². The molecule has 1 aliphatic heterocycles. The van der Waals surface area contributed by atoms with E-state index in [4.69, 9.17) is 9.72 Å². The molecule has 112 valence electrons. The van der Waals surface area contributed by atoms with Gasteiger partial charge in [0.2, 0.25) is 0 Å². The molecular formula is C16H27N3O. The van der Waals surface area contributed by atoms with E-state index in [0.29, 0.717) is 6.10 Å². The number of aromatic nitrogens is 1. The van der Waals surface area contributed by atoms with Crippen LogP contribution in [0.15, 0.2) is 18.2 Å². The van der Waals surface area contributed by atoms with Crippen molar-refractivity contribution in [1.82, 2.24) is 15.2 Å². The number of nitrogens with zero attached hydrogens (tertiary/aromatic N) is 2. The first-order chi connectivity index (χ1) is 9.81. The lowest BCUT2D eigenvalue weighted by Crippen LogP contribution is -2.39. The van der Waals surface area contributed by atoms with Crippen LogP contribution in [0.3, 0.4) is 0 Å². The summed E-state index contributed by atoms with van der Waals surface area (Å²) in [7, 11) is 1.95. The van der Waals surface area contributed by atoms with Crippen molar-refractivity contribution in [3.05, 3.63) is 29.6 Å². The minimum Gasteiger partial charge on any atom is -0.377 e. The van der Waals surface area contributed by atoms with Gasteiger partial charge in [0.05, 0.1) is 17.5 Å². The maximum Gasteiger partial charge on any atom is 0.0702 e. The Labute approximate surface area is 122 Å². The van der Waals surface area contributed by atoms with Crippen LogP contribution in [0, 0.1) is 0 Å². The van der Waals surface area contributed by atoms with Crippen LogP contribution in [0.2, 0.25) is 0 Å². The number of hydrogen-bond donors (Lipinski definition) is 1. The Morgan fingerprint density at radius 2 is 2.25 bits per heavy atom. The molecule has 0 bridgehead atoms. The van der Waals surface area contributed by atoms with E-state index in [-0.39, 0.29) is 0 Å². The van der Waals surface area contributed by atoms with Crippen LogP contribution in [0.25, 0.3) is 0 Å². The molecule has 1 N–H and O–H groups in total. The van der Waals surface area contributed by atoms with E-state index >= 15 is 0 Å². The van der Waals surface area contributed by atoms with Crippen molar-refractivity contribution in [3.8, 4) is 0 Å². The number of hydrogen-bond acceptors (Lipinski definition) is 4. The Balaban J connectivity index is 1.87. The lowest BCUT2D eigenvalue weighted by molar-refractivity contribution is -0.00253. The summed E-state index contributed by atoms with van der Waals surface area (Å²) >= 11 is 0. The van der Waals surface area contributed by atoms with Crippen LogP contribution >= 0.6 is 0 Å². The number of rotatable bonds is 7. The summed E-state index contributed by atoms with van der Waals surface area (Å²) in [5, 5.41) is 3.15. The van der Waals surface area contributed by atoms with Gasteiger partial charge in [-0.15, -0.1) is 0 Å². The van der Waals surface area contributed by atoms with Crippen LogP contribution in [0.5, 0.6) is 0 Å². The normalized spacial score (nSPS) is 20.2. The highest BCUT2D eigenvalue weighted by atomic mass is 16.5. The Kier molecular flexibility index (Phi) is 6.43. The highest BCUT2D eigenvalue weighted by Gasteiger charge is 2.20. The van der Waals surface area contributed by atoms with Gasteiger partial charge in [-0.2, -0.15) is 0 Å². The summed E-state index contributed by atoms with van der Waals surface area (Å²) < 4.78 is 5.89. The van der Waals surface area contributed by atoms with Crippen LogP contribution in [0.4, 0.5) is 0 Å². The minimum absolute atomic E-state index is 0.407. The fourth-order valence-electron chi connectivity index (χ4n) is 2.70. The van der Waals surface area contributed by atoms with Crippen LogP contribution in [-0.2, 0) is 17.8 Å². The second-order valence-corrected chi connectivity index (χ2v) is 5.52. The standard InChI is InChI=1S/C16H27N3O/c1-3-10-20-16-8-5-9-19(13-16)12-15-7-4-6-14(18-15)11-17-2/h4,6-7,16-17H,3,5,8-13H2,1-2H3. The number of nitrogens with one attached hydrogen (secondary N) is 1. The summed E-state index contributed by atoms with van der Waals surface area (Å²) in [5.74, 6) is 0. The predicted octanol–water partition coefficient (Wildman–Crippen LogP) is 2.19. The van der Waals surface area contributed by atoms with Gasteiger partial charge in [-0.3, -0.25) is 9.88 Å². The van der Waals surface area contributed by atoms with Crippen molar-refractivity contribution in [2.24, 2.45) is 0 Å². The summed E-state index contributed by atoms with van der Waals surface area (Å²) in [6.07, 6.45) is 3.93. The summed E-state index contributed by atoms with van der Waals surface area (Å²) in [6.45, 7) is 7.01. The second kappa shape index (κ2) is 8.35. The smallest absolute Gasteiger partial charge is 0.0702 e. The van der Waals surface area contributed by atoms with Crippen molar-refractivity contribution in [2.45, 2.75) is 45.4 Å². The summed E-state index contributed by atoms with van der Waals surface area (Å²) in [4.78, 5) is 7.17. The SMILES string of the molecule is CCCOC1CCCN(Cc2cccc(CNC)n2)C1. The highest BCUT2D eigenvalue weighted by molar-refractivity contribution is 5.11. The first kappa shape index (κ1) is 15.4. The molecule has 0 aliphatic carbocycles. The third kappa shape index (κ3) is 4.85. The highest BCUT2D eigenvalue weighted by Crippen LogP contribution is 2.15. The zero-order valence-electron chi connectivity index (χ0n) is 12.8. The monoisotopic (exact) mass is 277 g/mol. The summed E-state index contributed by atoms with van der Waals surface area (Å²) in [6, 6.07) is 6.29. The predicted molar refractivity (Wildman–Crippen MR) is 81.5 cm³/mol. The van der Waals surface area contributed by atoms with Crippen molar-refractivity contribution < 1.29 is 4.74 Å². The second-order valence-electron chi connectivity index (χ2n) is 5.52. The van der Waals surface area contributed by atoms with Crippen molar-refractivity contribution in [1.29, 1.82) is 0 Å². The molecule has 1 unspecified atom stereocenters. The molecular weight excluding hydrogens is 250 g/mol. The van der Waals surface area contributed by atoms with Crippen LogP contribution in [0.1, 0.15) is 37.6 Å². The van der Waals surface area contributed by atoms with Gasteiger partial charge in [0.25, 0.3) is 0 Å². The molecule has 1 aromatic heterocycles. The Bertz CT molecular complexity index is 397. The first-order valence-corrected chi connectivity index (χ1v) is 7.75. The van der Waals surface area contributed by atoms with Crippen molar-refractivity contribution >= 4 is 0 Å². The molecule has 4 nitrogen and oxygen atoms in total. The molecule has 4 heteroatoms. The number of likely N-dealkylation sites (tertiary alicyclic amines) is 1. The van der Waals surface area contributed by atoms with Gasteiger partial charge in [0.1, 0.15) is 0 Å². The third-order valence-electron chi connectivity index (χ3n) is 3.63. The lowest BCUT2D eigenvalue weighted by atomic mass is 10.1. The molecule has 1 atom stereocenters. The zero-order valence-corrected chi connectivity index (χ0v) is 12.8. The average molecular weight is 277 g/mol. The fraction of sp³-hybridized carbons (Fsp3) is 0.688. The van der Waals surface area contributed by atoms with Crippen LogP contribution in [-0.4, -0.2) is 42.7 Å². The number of ether oxygens (including phenoxy) is 1. The number of pyridine rings is 1. The zero-order chi connectivity index (χ0) is 14.2. The van der Waals surface area contributed by atoms with E-state index < -0.39 is 0 Å². The van der Waals surface area contributed by atoms with E-state index in [9.17, 15) is 0 Å². The van der Waals surface area contributed by atoms with Gasteiger partial charge in [-0.1, -0.05) is 13.0 Å². The van der Waals surface area contributed by atoms with Gasteiger partial charge in [-0.05, 0) is 45.0 Å². The molecule has 0 radical (unpaired) electrons. The third-order valence-corrected chi connectivity index (χ3v) is 3.63. The number of piperidine rings is 1. The van der Waals surface area contributed by atoms with E-state index in [1.807, 2.05) is 7.05 Å². The topological polar surface area (TPSA) is 37.4 Å². The Morgan fingerprint density at radius 3 is 3.05 bits per heavy atom. The molecule has 20 heavy (non-hydrogen) atoms. The average Bonchev–Trinajstić information content (AvgIpc) is 2.46. The molecule has 0 spiro atoms. The molecule has 0 amide bonds. The fourth-order valence-corrected chi connectivity index (χ4v) is 2.70. The van der Waals surface area contributed by atoms with E-state index in [1.165, 1.54) is 12.8 Å². The van der Waals surface area contributed by atoms with Crippen LogP contribution < -0.4 is 5.32 Å². The maximum atomic E-state index is 5.89. The van der Waals surface area contributed by atoms with Gasteiger partial charge in [-0.25, -0.2) is 0 Å². The molecule has 1 fully saturated rings. The van der Waals surface area contributed by atoms with Gasteiger partial charge in [0.15, 0.2) is 0 Å². The van der Waals surface area contributed by atoms with Gasteiger partial charge in [0, 0.05) is 26.2 Å². The first-order valence-electron chi connectivity index (χ1n) is 7.75. The van der Waals surface area contributed by atoms with E-state index in [0.717, 1.165) is 50.6 Å². The molecule has 1 saturated heterocycles. The van der Waals surface area contributed by atoms with E-state index in [2.05, 4.69) is 35.3 Å². The van der Waals surface area contributed by atoms with Crippen molar-refractivity contribution in [3.63, 3.8) is 0 Å². The molecule has 2 rings (SSSR count). The Morgan fingerprint density at radius 1 is 1.40 bits per heavy atom. The molecule has 2 heterocycles. The van der Waals surface area contributed by atoms with Gasteiger partial charge < -0.3 is 10.1 Å². The molecule has 1 aliphatic rings. The summed E-state index contributed by atoms with van der Waals surface area (Å²) in [5.41, 5.74) is 2.27. The molecule has 0 aromatic carbocycles. The quantitative estimate of drug-likeness (QED) is 0.829. The Hall–Kier alpha value is -0.970. The van der Waals surface area contributed by atoms with Gasteiger partial charge >= 0.3 is 0 Å². The molecule has 0 saturated carbocycles. The minimum atomic E-state index is 0.407. The largest absolute Gasteiger partial charge is 0.377 e. The van der Waals surface area contributed by atoms with E-state index in [1.54, 1.807) is 0 Å². The maximum absolute atomic E-state index is 5.89.